The van der Waals surface area contributed by atoms with Gasteiger partial charge in [-0.25, -0.2) is 4.68 Å². The van der Waals surface area contributed by atoms with Gasteiger partial charge in [-0.1, -0.05) is 5.10 Å². The molecule has 0 aromatic carbocycles. The second kappa shape index (κ2) is 3.08. The molecule has 0 aliphatic heterocycles. The average molecular weight is 188 g/mol. The molecule has 1 rings (SSSR count). The van der Waals surface area contributed by atoms with Crippen LogP contribution < -0.4 is 0 Å². The van der Waals surface area contributed by atoms with E-state index in [1.54, 1.807) is 0 Å². The highest BCUT2D eigenvalue weighted by atomic mass is 16.7. The van der Waals surface area contributed by atoms with Gasteiger partial charge < -0.3 is 0 Å². The van der Waals surface area contributed by atoms with E-state index in [0.717, 1.165) is 4.68 Å². The Balaban J connectivity index is 3.09. The van der Waals surface area contributed by atoms with Crippen LogP contribution in [0.3, 0.4) is 0 Å². The Kier molecular flexibility index (Phi) is 2.13. The van der Waals surface area contributed by atoms with E-state index in [-0.39, 0.29) is 0 Å². The predicted molar refractivity (Wildman–Crippen MR) is 35.5 cm³/mol. The van der Waals surface area contributed by atoms with Crippen molar-refractivity contribution in [1.82, 2.24) is 20.2 Å². The Morgan fingerprint density at radius 3 is 2.23 bits per heavy atom. The van der Waals surface area contributed by atoms with Crippen LogP contribution in [0.5, 0.6) is 0 Å². The molecule has 0 amide bonds. The summed E-state index contributed by atoms with van der Waals surface area (Å²) < 4.78 is 0.885. The molecule has 1 aromatic rings. The maximum Gasteiger partial charge on any atom is 0.511 e. The van der Waals surface area contributed by atoms with Crippen molar-refractivity contribution in [3.63, 3.8) is 0 Å². The Bertz CT molecular complexity index is 331. The van der Waals surface area contributed by atoms with Crippen LogP contribution in [0.1, 0.15) is 12.0 Å². The van der Waals surface area contributed by atoms with Crippen LogP contribution in [0.2, 0.25) is 0 Å². The Morgan fingerprint density at radius 2 is 1.92 bits per heavy atom. The number of aryl methyl sites for hydroxylation is 1. The molecule has 10 nitrogen and oxygen atoms in total. The first kappa shape index (κ1) is 8.96. The number of hydrogen-bond donors (Lipinski definition) is 0. The third-order valence-electron chi connectivity index (χ3n) is 1.28. The molecule has 13 heavy (non-hydrogen) atoms. The normalized spacial score (nSPS) is 10.3. The minimum Gasteiger partial charge on any atom is -0.258 e. The van der Waals surface area contributed by atoms with Gasteiger partial charge in [0.15, 0.2) is 0 Å². The SMILES string of the molecule is Cn1nnnc1C([N+](=O)[O-])[N+](=O)[O-]. The van der Waals surface area contributed by atoms with Crippen molar-refractivity contribution in [2.24, 2.45) is 7.05 Å². The molecule has 1 aromatic heterocycles. The Labute approximate surface area is 70.5 Å². The summed E-state index contributed by atoms with van der Waals surface area (Å²) in [6.45, 7) is 0. The average Bonchev–Trinajstić information content (AvgIpc) is 2.35. The van der Waals surface area contributed by atoms with E-state index in [1.165, 1.54) is 7.05 Å². The molecular weight excluding hydrogens is 184 g/mol. The van der Waals surface area contributed by atoms with E-state index >= 15 is 0 Å². The van der Waals surface area contributed by atoms with Gasteiger partial charge in [-0.15, -0.1) is 0 Å². The van der Waals surface area contributed by atoms with Crippen LogP contribution in [-0.2, 0) is 7.05 Å². The van der Waals surface area contributed by atoms with E-state index < -0.39 is 21.8 Å². The molecule has 70 valence electrons. The Morgan fingerprint density at radius 1 is 1.38 bits per heavy atom. The lowest BCUT2D eigenvalue weighted by atomic mass is 10.5. The lowest BCUT2D eigenvalue weighted by Crippen LogP contribution is -2.23. The van der Waals surface area contributed by atoms with Crippen molar-refractivity contribution in [1.29, 1.82) is 0 Å². The highest BCUT2D eigenvalue weighted by molar-refractivity contribution is 4.80. The number of tetrazole rings is 1. The lowest BCUT2D eigenvalue weighted by molar-refractivity contribution is -0.754. The van der Waals surface area contributed by atoms with Crippen LogP contribution in [-0.4, -0.2) is 30.1 Å². The van der Waals surface area contributed by atoms with E-state index in [1.807, 2.05) is 0 Å². The maximum absolute atomic E-state index is 10.2. The molecule has 0 aliphatic rings. The van der Waals surface area contributed by atoms with Crippen molar-refractivity contribution in [3.8, 4) is 0 Å². The van der Waals surface area contributed by atoms with Crippen molar-refractivity contribution >= 4 is 0 Å². The summed E-state index contributed by atoms with van der Waals surface area (Å²) in [4.78, 5) is 18.4. The molecule has 0 aliphatic carbocycles. The zero-order valence-corrected chi connectivity index (χ0v) is 6.39. The number of nitrogens with zero attached hydrogens (tertiary/aromatic N) is 6. The molecule has 0 saturated carbocycles. The van der Waals surface area contributed by atoms with Gasteiger partial charge in [0.2, 0.25) is 0 Å². The molecule has 0 unspecified atom stereocenters. The molecule has 0 spiro atoms. The number of rotatable bonds is 3. The van der Waals surface area contributed by atoms with Gasteiger partial charge in [0.1, 0.15) is 9.85 Å². The lowest BCUT2D eigenvalue weighted by Gasteiger charge is -1.98. The first-order valence-electron chi connectivity index (χ1n) is 3.03. The van der Waals surface area contributed by atoms with E-state index in [0.29, 0.717) is 0 Å². The summed E-state index contributed by atoms with van der Waals surface area (Å²) in [6.07, 6.45) is -2.11. The fourth-order valence-corrected chi connectivity index (χ4v) is 0.721. The molecule has 1 heterocycles. The van der Waals surface area contributed by atoms with Crippen molar-refractivity contribution in [2.75, 3.05) is 0 Å². The van der Waals surface area contributed by atoms with E-state index in [4.69, 9.17) is 0 Å². The second-order valence-electron chi connectivity index (χ2n) is 2.11. The summed E-state index contributed by atoms with van der Waals surface area (Å²) in [5, 5.41) is 30.0. The number of nitro groups is 2. The highest BCUT2D eigenvalue weighted by Crippen LogP contribution is 2.11. The van der Waals surface area contributed by atoms with Gasteiger partial charge >= 0.3 is 12.0 Å². The predicted octanol–water partition coefficient (Wildman–Crippen LogP) is -1.24. The first-order chi connectivity index (χ1) is 6.04. The van der Waals surface area contributed by atoms with E-state index in [9.17, 15) is 20.2 Å². The Hall–Kier alpha value is -2.13. The maximum atomic E-state index is 10.2. The minimum absolute atomic E-state index is 0.407. The third kappa shape index (κ3) is 1.55. The second-order valence-corrected chi connectivity index (χ2v) is 2.11. The molecule has 0 saturated heterocycles. The summed E-state index contributed by atoms with van der Waals surface area (Å²) >= 11 is 0. The van der Waals surface area contributed by atoms with Gasteiger partial charge in [-0.2, -0.15) is 0 Å². The van der Waals surface area contributed by atoms with Crippen LogP contribution in [0.15, 0.2) is 0 Å². The minimum atomic E-state index is -2.11. The fourth-order valence-electron chi connectivity index (χ4n) is 0.721. The van der Waals surface area contributed by atoms with Gasteiger partial charge in [-0.05, 0) is 10.4 Å². The quantitative estimate of drug-likeness (QED) is 0.329. The van der Waals surface area contributed by atoms with Gasteiger partial charge in [0.05, 0.1) is 0 Å². The van der Waals surface area contributed by atoms with Crippen molar-refractivity contribution < 1.29 is 9.85 Å². The largest absolute Gasteiger partial charge is 0.511 e. The summed E-state index contributed by atoms with van der Waals surface area (Å²) in [5.74, 6) is -0.407. The van der Waals surface area contributed by atoms with E-state index in [2.05, 4.69) is 15.5 Å². The monoisotopic (exact) mass is 188 g/mol. The number of aromatic nitrogens is 4. The van der Waals surface area contributed by atoms with Gasteiger partial charge in [0.25, 0.3) is 0 Å². The molecule has 0 fully saturated rings. The van der Waals surface area contributed by atoms with Gasteiger partial charge in [0, 0.05) is 7.05 Å². The van der Waals surface area contributed by atoms with Crippen LogP contribution in [0.25, 0.3) is 0 Å². The van der Waals surface area contributed by atoms with Crippen LogP contribution in [0, 0.1) is 20.2 Å². The van der Waals surface area contributed by atoms with Crippen molar-refractivity contribution in [2.45, 2.75) is 6.17 Å². The summed E-state index contributed by atoms with van der Waals surface area (Å²) in [5.41, 5.74) is 0. The molecule has 0 atom stereocenters. The van der Waals surface area contributed by atoms with Crippen LogP contribution in [0.4, 0.5) is 0 Å². The fraction of sp³-hybridized carbons (Fsp3) is 0.667. The standard InChI is InChI=1S/C3H4N6O4/c1-7-2(4-5-6-7)3(8(10)11)9(12)13/h3H,1H3. The van der Waals surface area contributed by atoms with Gasteiger partial charge in [-0.3, -0.25) is 20.2 Å². The summed E-state index contributed by atoms with van der Waals surface area (Å²) in [7, 11) is 1.29. The highest BCUT2D eigenvalue weighted by Gasteiger charge is 2.40. The molecule has 10 heteroatoms. The molecule has 0 bridgehead atoms. The molecule has 0 radical (unpaired) electrons. The number of hydrogen-bond acceptors (Lipinski definition) is 7. The topological polar surface area (TPSA) is 130 Å². The van der Waals surface area contributed by atoms with Crippen LogP contribution >= 0.6 is 0 Å². The zero-order chi connectivity index (χ0) is 10.0. The first-order valence-corrected chi connectivity index (χ1v) is 3.03. The summed E-state index contributed by atoms with van der Waals surface area (Å²) in [6, 6.07) is 0. The molecule has 0 N–H and O–H groups in total. The zero-order valence-electron chi connectivity index (χ0n) is 6.39. The third-order valence-corrected chi connectivity index (χ3v) is 1.28. The van der Waals surface area contributed by atoms with Crippen molar-refractivity contribution in [3.05, 3.63) is 26.1 Å². The molecular formula is C3H4N6O4. The smallest absolute Gasteiger partial charge is 0.258 e.